The van der Waals surface area contributed by atoms with Crippen molar-refractivity contribution in [1.82, 2.24) is 0 Å². The normalized spacial score (nSPS) is 11.8. The maximum atomic E-state index is 2.45. The van der Waals surface area contributed by atoms with Crippen molar-refractivity contribution in [2.24, 2.45) is 0 Å². The molecule has 0 aromatic heterocycles. The third kappa shape index (κ3) is 3.30. The lowest BCUT2D eigenvalue weighted by Gasteiger charge is -2.18. The highest BCUT2D eigenvalue weighted by Crippen LogP contribution is 2.46. The Labute approximate surface area is 244 Å². The van der Waals surface area contributed by atoms with Crippen molar-refractivity contribution >= 4 is 64.6 Å². The summed E-state index contributed by atoms with van der Waals surface area (Å²) in [6.45, 7) is 0. The van der Waals surface area contributed by atoms with Crippen molar-refractivity contribution in [2.75, 3.05) is 0 Å². The molecular formula is C42H26. The van der Waals surface area contributed by atoms with E-state index in [1.165, 1.54) is 86.9 Å². The average molecular weight is 531 g/mol. The highest BCUT2D eigenvalue weighted by Gasteiger charge is 2.17. The first-order valence-electron chi connectivity index (χ1n) is 14.6. The highest BCUT2D eigenvalue weighted by molar-refractivity contribution is 6.39. The van der Waals surface area contributed by atoms with Crippen LogP contribution in [0.4, 0.5) is 0 Å². The summed E-state index contributed by atoms with van der Waals surface area (Å²) >= 11 is 0. The van der Waals surface area contributed by atoms with Crippen molar-refractivity contribution in [2.45, 2.75) is 0 Å². The molecule has 9 aromatic rings. The Morgan fingerprint density at radius 1 is 0.262 bits per heavy atom. The molecule has 0 bridgehead atoms. The molecule has 0 unspecified atom stereocenters. The SMILES string of the molecule is c1ccc(-c2c(-c3ccc4c5ccccc5c5c6ccccc6c6ccccc6c5c4c3)ccc3ccccc23)cc1. The smallest absolute Gasteiger partial charge is 0.00137 e. The molecule has 0 heteroatoms. The summed E-state index contributed by atoms with van der Waals surface area (Å²) in [6, 6.07) is 58.0. The lowest BCUT2D eigenvalue weighted by molar-refractivity contribution is 1.63. The summed E-state index contributed by atoms with van der Waals surface area (Å²) < 4.78 is 0. The molecule has 0 nitrogen and oxygen atoms in total. The fourth-order valence-corrected chi connectivity index (χ4v) is 7.22. The van der Waals surface area contributed by atoms with Crippen LogP contribution in [-0.4, -0.2) is 0 Å². The standard InChI is InChI=1S/C42H26/c1-2-13-28(14-3-1)40-30-15-5-4-12-27(30)22-24-31(40)29-23-25-35-34-18-8-10-20-37(34)41-36-19-9-6-16-32(36)33-17-7-11-21-38(33)42(41)39(35)26-29/h1-26H. The van der Waals surface area contributed by atoms with E-state index >= 15 is 0 Å². The molecule has 0 saturated carbocycles. The lowest BCUT2D eigenvalue weighted by atomic mass is 9.85. The molecular weight excluding hydrogens is 504 g/mol. The predicted octanol–water partition coefficient (Wildman–Crippen LogP) is 11.9. The van der Waals surface area contributed by atoms with Gasteiger partial charge in [-0.1, -0.05) is 152 Å². The van der Waals surface area contributed by atoms with Crippen LogP contribution < -0.4 is 0 Å². The van der Waals surface area contributed by atoms with E-state index in [4.69, 9.17) is 0 Å². The number of hydrogen-bond acceptors (Lipinski definition) is 0. The van der Waals surface area contributed by atoms with E-state index in [1.54, 1.807) is 0 Å². The van der Waals surface area contributed by atoms with E-state index in [2.05, 4.69) is 158 Å². The molecule has 0 aliphatic heterocycles. The fourth-order valence-electron chi connectivity index (χ4n) is 7.22. The largest absolute Gasteiger partial charge is 0.0622 e. The first-order chi connectivity index (χ1) is 20.9. The zero-order valence-corrected chi connectivity index (χ0v) is 23.0. The minimum Gasteiger partial charge on any atom is -0.0622 e. The van der Waals surface area contributed by atoms with Gasteiger partial charge in [-0.15, -0.1) is 0 Å². The Morgan fingerprint density at radius 2 is 0.738 bits per heavy atom. The van der Waals surface area contributed by atoms with Gasteiger partial charge in [0, 0.05) is 0 Å². The summed E-state index contributed by atoms with van der Waals surface area (Å²) in [5, 5.41) is 15.6. The van der Waals surface area contributed by atoms with Gasteiger partial charge in [-0.2, -0.15) is 0 Å². The Morgan fingerprint density at radius 3 is 1.36 bits per heavy atom. The molecule has 0 aliphatic rings. The van der Waals surface area contributed by atoms with Gasteiger partial charge < -0.3 is 0 Å². The molecule has 0 fully saturated rings. The maximum absolute atomic E-state index is 2.45. The van der Waals surface area contributed by atoms with Crippen LogP contribution in [0.2, 0.25) is 0 Å². The second-order valence-electron chi connectivity index (χ2n) is 11.2. The van der Waals surface area contributed by atoms with Crippen LogP contribution in [0.1, 0.15) is 0 Å². The van der Waals surface area contributed by atoms with E-state index < -0.39 is 0 Å². The summed E-state index contributed by atoms with van der Waals surface area (Å²) in [5.74, 6) is 0. The maximum Gasteiger partial charge on any atom is -0.00137 e. The zero-order valence-electron chi connectivity index (χ0n) is 23.0. The molecule has 0 aliphatic carbocycles. The summed E-state index contributed by atoms with van der Waals surface area (Å²) in [4.78, 5) is 0. The molecule has 0 radical (unpaired) electrons. The highest BCUT2D eigenvalue weighted by atomic mass is 14.2. The van der Waals surface area contributed by atoms with E-state index in [-0.39, 0.29) is 0 Å². The Hall–Kier alpha value is -5.46. The van der Waals surface area contributed by atoms with Crippen LogP contribution in [0, 0.1) is 0 Å². The predicted molar refractivity (Wildman–Crippen MR) is 182 cm³/mol. The third-order valence-corrected chi connectivity index (χ3v) is 9.01. The van der Waals surface area contributed by atoms with Crippen LogP contribution in [-0.2, 0) is 0 Å². The summed E-state index contributed by atoms with van der Waals surface area (Å²) in [7, 11) is 0. The number of fused-ring (bicyclic) bond motifs is 12. The van der Waals surface area contributed by atoms with Crippen molar-refractivity contribution in [3.8, 4) is 22.3 Å². The lowest BCUT2D eigenvalue weighted by Crippen LogP contribution is -1.91. The molecule has 9 rings (SSSR count). The van der Waals surface area contributed by atoms with Gasteiger partial charge in [0.1, 0.15) is 0 Å². The molecule has 0 amide bonds. The second kappa shape index (κ2) is 9.03. The van der Waals surface area contributed by atoms with E-state index in [1.807, 2.05) is 0 Å². The molecule has 0 heterocycles. The van der Waals surface area contributed by atoms with Gasteiger partial charge >= 0.3 is 0 Å². The van der Waals surface area contributed by atoms with E-state index in [9.17, 15) is 0 Å². The van der Waals surface area contributed by atoms with Gasteiger partial charge in [0.2, 0.25) is 0 Å². The third-order valence-electron chi connectivity index (χ3n) is 9.01. The summed E-state index contributed by atoms with van der Waals surface area (Å²) in [5.41, 5.74) is 5.02. The first-order valence-corrected chi connectivity index (χ1v) is 14.6. The van der Waals surface area contributed by atoms with E-state index in [0.717, 1.165) is 0 Å². The topological polar surface area (TPSA) is 0 Å². The zero-order chi connectivity index (χ0) is 27.6. The van der Waals surface area contributed by atoms with Crippen molar-refractivity contribution < 1.29 is 0 Å². The van der Waals surface area contributed by atoms with Gasteiger partial charge in [0.05, 0.1) is 0 Å². The Kier molecular flexibility index (Phi) is 5.00. The molecule has 0 atom stereocenters. The van der Waals surface area contributed by atoms with Gasteiger partial charge in [0.25, 0.3) is 0 Å². The first kappa shape index (κ1) is 23.3. The average Bonchev–Trinajstić information content (AvgIpc) is 3.07. The number of hydrogen-bond donors (Lipinski definition) is 0. The molecule has 0 N–H and O–H groups in total. The fraction of sp³-hybridized carbons (Fsp3) is 0. The van der Waals surface area contributed by atoms with Crippen molar-refractivity contribution in [3.63, 3.8) is 0 Å². The van der Waals surface area contributed by atoms with Crippen LogP contribution in [0.5, 0.6) is 0 Å². The van der Waals surface area contributed by atoms with Gasteiger partial charge in [0.15, 0.2) is 0 Å². The van der Waals surface area contributed by atoms with Gasteiger partial charge in [-0.3, -0.25) is 0 Å². The van der Waals surface area contributed by atoms with E-state index in [0.29, 0.717) is 0 Å². The Bertz CT molecular complexity index is 2480. The number of rotatable bonds is 2. The van der Waals surface area contributed by atoms with Crippen LogP contribution in [0.3, 0.4) is 0 Å². The molecule has 9 aromatic carbocycles. The van der Waals surface area contributed by atoms with Gasteiger partial charge in [-0.05, 0) is 93.0 Å². The number of benzene rings is 9. The Balaban J connectivity index is 1.49. The molecule has 0 spiro atoms. The quantitative estimate of drug-likeness (QED) is 0.195. The molecule has 0 saturated heterocycles. The van der Waals surface area contributed by atoms with Crippen LogP contribution in [0.15, 0.2) is 158 Å². The summed E-state index contributed by atoms with van der Waals surface area (Å²) in [6.07, 6.45) is 0. The molecule has 194 valence electrons. The van der Waals surface area contributed by atoms with Crippen LogP contribution in [0.25, 0.3) is 86.9 Å². The minimum atomic E-state index is 1.24. The second-order valence-corrected chi connectivity index (χ2v) is 11.2. The van der Waals surface area contributed by atoms with Crippen molar-refractivity contribution in [1.29, 1.82) is 0 Å². The van der Waals surface area contributed by atoms with Crippen LogP contribution >= 0.6 is 0 Å². The van der Waals surface area contributed by atoms with Crippen molar-refractivity contribution in [3.05, 3.63) is 158 Å². The monoisotopic (exact) mass is 530 g/mol. The molecule has 42 heavy (non-hydrogen) atoms. The minimum absolute atomic E-state index is 1.24. The van der Waals surface area contributed by atoms with Gasteiger partial charge in [-0.25, -0.2) is 0 Å².